The standard InChI is InChI=1S/C14H32N2O/c1-13(2)16(10-7-11-17)9-6-5-8-14(3,4)12-15/h13,17H,5-12,15H2,1-4H3. The van der Waals surface area contributed by atoms with Crippen LogP contribution in [-0.2, 0) is 0 Å². The molecular formula is C14H32N2O. The summed E-state index contributed by atoms with van der Waals surface area (Å²) in [6, 6.07) is 0.573. The van der Waals surface area contributed by atoms with Gasteiger partial charge in [-0.05, 0) is 51.6 Å². The van der Waals surface area contributed by atoms with Crippen LogP contribution in [-0.4, -0.2) is 42.3 Å². The summed E-state index contributed by atoms with van der Waals surface area (Å²) in [6.45, 7) is 12.1. The van der Waals surface area contributed by atoms with Crippen LogP contribution in [0, 0.1) is 5.41 Å². The summed E-state index contributed by atoms with van der Waals surface area (Å²) < 4.78 is 0. The van der Waals surface area contributed by atoms with Crippen LogP contribution in [0.2, 0.25) is 0 Å². The van der Waals surface area contributed by atoms with Crippen LogP contribution in [0.5, 0.6) is 0 Å². The number of aliphatic hydroxyl groups is 1. The first-order chi connectivity index (χ1) is 7.93. The van der Waals surface area contributed by atoms with Gasteiger partial charge in [0.05, 0.1) is 0 Å². The molecular weight excluding hydrogens is 212 g/mol. The monoisotopic (exact) mass is 244 g/mol. The minimum atomic E-state index is 0.285. The Labute approximate surface area is 107 Å². The summed E-state index contributed by atoms with van der Waals surface area (Å²) in [4.78, 5) is 2.45. The van der Waals surface area contributed by atoms with Crippen LogP contribution in [0.15, 0.2) is 0 Å². The second-order valence-corrected chi connectivity index (χ2v) is 6.03. The number of unbranched alkanes of at least 4 members (excludes halogenated alkanes) is 1. The molecule has 0 unspecified atom stereocenters. The van der Waals surface area contributed by atoms with Crippen molar-refractivity contribution in [3.63, 3.8) is 0 Å². The molecule has 0 spiro atoms. The lowest BCUT2D eigenvalue weighted by Gasteiger charge is -2.27. The van der Waals surface area contributed by atoms with Crippen LogP contribution < -0.4 is 5.73 Å². The summed E-state index contributed by atoms with van der Waals surface area (Å²) in [5.41, 5.74) is 6.01. The summed E-state index contributed by atoms with van der Waals surface area (Å²) in [7, 11) is 0. The summed E-state index contributed by atoms with van der Waals surface area (Å²) >= 11 is 0. The molecule has 0 saturated heterocycles. The molecule has 0 radical (unpaired) electrons. The highest BCUT2D eigenvalue weighted by Crippen LogP contribution is 2.21. The van der Waals surface area contributed by atoms with E-state index in [1.807, 2.05) is 0 Å². The average Bonchev–Trinajstić information content (AvgIpc) is 2.27. The highest BCUT2D eigenvalue weighted by molar-refractivity contribution is 4.70. The molecule has 0 aromatic rings. The Morgan fingerprint density at radius 2 is 1.71 bits per heavy atom. The minimum absolute atomic E-state index is 0.285. The number of rotatable bonds is 10. The fourth-order valence-electron chi connectivity index (χ4n) is 1.92. The minimum Gasteiger partial charge on any atom is -0.396 e. The molecule has 104 valence electrons. The van der Waals surface area contributed by atoms with Crippen molar-refractivity contribution in [2.24, 2.45) is 11.1 Å². The van der Waals surface area contributed by atoms with Crippen LogP contribution >= 0.6 is 0 Å². The molecule has 17 heavy (non-hydrogen) atoms. The van der Waals surface area contributed by atoms with Crippen molar-refractivity contribution < 1.29 is 5.11 Å². The van der Waals surface area contributed by atoms with Gasteiger partial charge in [-0.2, -0.15) is 0 Å². The number of nitrogens with two attached hydrogens (primary N) is 1. The van der Waals surface area contributed by atoms with Gasteiger partial charge in [0.1, 0.15) is 0 Å². The van der Waals surface area contributed by atoms with E-state index < -0.39 is 0 Å². The van der Waals surface area contributed by atoms with E-state index >= 15 is 0 Å². The molecule has 0 aliphatic rings. The first-order valence-electron chi connectivity index (χ1n) is 6.98. The Balaban J connectivity index is 3.75. The smallest absolute Gasteiger partial charge is 0.0443 e. The zero-order chi connectivity index (χ0) is 13.3. The number of hydrogen-bond donors (Lipinski definition) is 2. The molecule has 3 heteroatoms. The average molecular weight is 244 g/mol. The van der Waals surface area contributed by atoms with E-state index in [0.717, 1.165) is 26.1 Å². The predicted molar refractivity (Wildman–Crippen MR) is 75.1 cm³/mol. The van der Waals surface area contributed by atoms with Gasteiger partial charge in [-0.1, -0.05) is 20.3 Å². The van der Waals surface area contributed by atoms with Gasteiger partial charge in [-0.3, -0.25) is 0 Å². The van der Waals surface area contributed by atoms with Crippen LogP contribution in [0.1, 0.15) is 53.4 Å². The second kappa shape index (κ2) is 8.90. The van der Waals surface area contributed by atoms with Gasteiger partial charge in [0.25, 0.3) is 0 Å². The Morgan fingerprint density at radius 1 is 1.12 bits per heavy atom. The van der Waals surface area contributed by atoms with Crippen molar-refractivity contribution in [1.82, 2.24) is 4.90 Å². The van der Waals surface area contributed by atoms with Crippen molar-refractivity contribution in [2.75, 3.05) is 26.2 Å². The van der Waals surface area contributed by atoms with E-state index in [2.05, 4.69) is 32.6 Å². The van der Waals surface area contributed by atoms with Gasteiger partial charge in [0.2, 0.25) is 0 Å². The third kappa shape index (κ3) is 8.58. The third-order valence-electron chi connectivity index (χ3n) is 3.44. The zero-order valence-electron chi connectivity index (χ0n) is 12.2. The molecule has 0 aliphatic carbocycles. The third-order valence-corrected chi connectivity index (χ3v) is 3.44. The Hall–Kier alpha value is -0.120. The molecule has 0 bridgehead atoms. The molecule has 3 N–H and O–H groups in total. The first kappa shape index (κ1) is 16.9. The van der Waals surface area contributed by atoms with Crippen molar-refractivity contribution >= 4 is 0 Å². The topological polar surface area (TPSA) is 49.5 Å². The van der Waals surface area contributed by atoms with Crippen LogP contribution in [0.4, 0.5) is 0 Å². The van der Waals surface area contributed by atoms with Gasteiger partial charge >= 0.3 is 0 Å². The fraction of sp³-hybridized carbons (Fsp3) is 1.00. The maximum atomic E-state index is 8.87. The van der Waals surface area contributed by atoms with Crippen LogP contribution in [0.3, 0.4) is 0 Å². The summed E-state index contributed by atoms with van der Waals surface area (Å²) in [5.74, 6) is 0. The SMILES string of the molecule is CC(C)N(CCCO)CCCCC(C)(C)CN. The number of aliphatic hydroxyl groups excluding tert-OH is 1. The van der Waals surface area contributed by atoms with E-state index in [9.17, 15) is 0 Å². The normalized spacial score (nSPS) is 12.7. The second-order valence-electron chi connectivity index (χ2n) is 6.03. The summed E-state index contributed by atoms with van der Waals surface area (Å²) in [5, 5.41) is 8.87. The van der Waals surface area contributed by atoms with Crippen molar-refractivity contribution in [1.29, 1.82) is 0 Å². The van der Waals surface area contributed by atoms with Crippen molar-refractivity contribution in [2.45, 2.75) is 59.4 Å². The maximum Gasteiger partial charge on any atom is 0.0443 e. The molecule has 3 nitrogen and oxygen atoms in total. The zero-order valence-corrected chi connectivity index (χ0v) is 12.2. The van der Waals surface area contributed by atoms with E-state index in [0.29, 0.717) is 12.6 Å². The molecule has 0 saturated carbocycles. The van der Waals surface area contributed by atoms with Gasteiger partial charge in [-0.15, -0.1) is 0 Å². The highest BCUT2D eigenvalue weighted by Gasteiger charge is 2.15. The highest BCUT2D eigenvalue weighted by atomic mass is 16.3. The van der Waals surface area contributed by atoms with Crippen molar-refractivity contribution in [3.05, 3.63) is 0 Å². The molecule has 0 amide bonds. The Kier molecular flexibility index (Phi) is 8.83. The molecule has 0 aromatic heterocycles. The number of hydrogen-bond acceptors (Lipinski definition) is 3. The first-order valence-corrected chi connectivity index (χ1v) is 6.98. The molecule has 0 aliphatic heterocycles. The largest absolute Gasteiger partial charge is 0.396 e. The molecule has 0 atom stereocenters. The molecule has 0 heterocycles. The lowest BCUT2D eigenvalue weighted by atomic mass is 9.87. The van der Waals surface area contributed by atoms with E-state index in [4.69, 9.17) is 10.8 Å². The molecule has 0 aromatic carbocycles. The predicted octanol–water partition coefficient (Wildman–Crippen LogP) is 2.23. The van der Waals surface area contributed by atoms with Crippen LogP contribution in [0.25, 0.3) is 0 Å². The maximum absolute atomic E-state index is 8.87. The van der Waals surface area contributed by atoms with E-state index in [1.165, 1.54) is 19.3 Å². The Bertz CT molecular complexity index is 181. The van der Waals surface area contributed by atoms with Gasteiger partial charge < -0.3 is 15.7 Å². The van der Waals surface area contributed by atoms with Gasteiger partial charge in [-0.25, -0.2) is 0 Å². The Morgan fingerprint density at radius 3 is 2.18 bits per heavy atom. The summed E-state index contributed by atoms with van der Waals surface area (Å²) in [6.07, 6.45) is 4.56. The molecule has 0 rings (SSSR count). The van der Waals surface area contributed by atoms with E-state index in [1.54, 1.807) is 0 Å². The molecule has 0 fully saturated rings. The lowest BCUT2D eigenvalue weighted by molar-refractivity contribution is 0.185. The van der Waals surface area contributed by atoms with Gasteiger partial charge in [0, 0.05) is 19.2 Å². The van der Waals surface area contributed by atoms with Gasteiger partial charge in [0.15, 0.2) is 0 Å². The van der Waals surface area contributed by atoms with Crippen molar-refractivity contribution in [3.8, 4) is 0 Å². The lowest BCUT2D eigenvalue weighted by Crippen LogP contribution is -2.33. The fourth-order valence-corrected chi connectivity index (χ4v) is 1.92. The number of nitrogens with zero attached hydrogens (tertiary/aromatic N) is 1. The van der Waals surface area contributed by atoms with E-state index in [-0.39, 0.29) is 5.41 Å². The quantitative estimate of drug-likeness (QED) is 0.579.